The highest BCUT2D eigenvalue weighted by atomic mass is 16.5. The maximum Gasteiger partial charge on any atom is 0.136 e. The minimum atomic E-state index is -0.418. The van der Waals surface area contributed by atoms with Crippen LogP contribution in [0.1, 0.15) is 203 Å². The molecular formula is C49H98N8O10. The normalized spacial score (nSPS) is 26.9. The summed E-state index contributed by atoms with van der Waals surface area (Å²) in [6, 6.07) is 0. The third-order valence-electron chi connectivity index (χ3n) is 12.7. The molecule has 5 heterocycles. The van der Waals surface area contributed by atoms with Gasteiger partial charge in [-0.2, -0.15) is 25.3 Å². The van der Waals surface area contributed by atoms with E-state index in [4.69, 9.17) is 11.5 Å². The third-order valence-corrected chi connectivity index (χ3v) is 12.7. The zero-order valence-electron chi connectivity index (χ0n) is 45.6. The Morgan fingerprint density at radius 1 is 0.313 bits per heavy atom. The van der Waals surface area contributed by atoms with Crippen LogP contribution in [0.15, 0.2) is 0 Å². The van der Waals surface area contributed by atoms with Crippen molar-refractivity contribution < 1.29 is 50.0 Å². The first-order valence-corrected chi connectivity index (χ1v) is 23.9. The minimum Gasteiger partial charge on any atom is -0.329 e. The highest BCUT2D eigenvalue weighted by Gasteiger charge is 2.48. The molecule has 18 nitrogen and oxygen atoms in total. The second-order valence-electron chi connectivity index (χ2n) is 25.5. The van der Waals surface area contributed by atoms with Crippen molar-refractivity contribution in [2.24, 2.45) is 11.5 Å². The van der Waals surface area contributed by atoms with Gasteiger partial charge in [0.15, 0.2) is 0 Å². The number of nitrogens with two attached hydrogens (primary N) is 2. The summed E-state index contributed by atoms with van der Waals surface area (Å²) in [5.74, 6) is 1.16. The molecule has 0 aromatic heterocycles. The molecule has 0 aromatic carbocycles. The van der Waals surface area contributed by atoms with Gasteiger partial charge in [0.1, 0.15) is 28.9 Å². The van der Waals surface area contributed by atoms with Gasteiger partial charge in [0.2, 0.25) is 0 Å². The van der Waals surface area contributed by atoms with Crippen molar-refractivity contribution in [3.63, 3.8) is 0 Å². The molecule has 5 aliphatic heterocycles. The number of carbonyl (C=O) groups is 5. The molecule has 0 unspecified atom stereocenters. The number of hydrogen-bond donors (Lipinski definition) is 8. The van der Waals surface area contributed by atoms with Gasteiger partial charge < -0.3 is 42.8 Å². The predicted molar refractivity (Wildman–Crippen MR) is 261 cm³/mol. The Morgan fingerprint density at radius 3 is 0.507 bits per heavy atom. The van der Waals surface area contributed by atoms with Gasteiger partial charge in [-0.1, -0.05) is 0 Å². The number of ketones is 5. The lowest BCUT2D eigenvalue weighted by atomic mass is 9.81. The summed E-state index contributed by atoms with van der Waals surface area (Å²) in [6.07, 6.45) is 4.37. The Morgan fingerprint density at radius 2 is 0.418 bits per heavy atom. The molecule has 5 saturated heterocycles. The lowest BCUT2D eigenvalue weighted by Gasteiger charge is -2.47. The van der Waals surface area contributed by atoms with E-state index in [1.54, 1.807) is 0 Å². The number of rotatable bonds is 4. The molecule has 5 rings (SSSR count). The number of nitrogens with zero attached hydrogens (tertiary/aromatic N) is 5. The van der Waals surface area contributed by atoms with Gasteiger partial charge in [0.25, 0.3) is 0 Å². The molecule has 0 radical (unpaired) electrons. The maximum atomic E-state index is 11.3. The Kier molecular flexibility index (Phi) is 23.1. The lowest BCUT2D eigenvalue weighted by molar-refractivity contribution is -0.237. The highest BCUT2D eigenvalue weighted by molar-refractivity contribution is 5.83. The monoisotopic (exact) mass is 959 g/mol. The SMILES string of the molecule is CC1(C)CC(=O)CC(C)(C)N1O.CC1(C)CC(=O)CC(C)(C)N1O.CC1(C)CC(=O)CC(C)(C)N1O.CC1(C)CC(=O)CC(C)(C)N1O.CC1(C)CC(=O)CC(C)(C)N1O.NCCNCCN. The van der Waals surface area contributed by atoms with Crippen LogP contribution in [0.5, 0.6) is 0 Å². The lowest BCUT2D eigenvalue weighted by Crippen LogP contribution is -2.59. The fourth-order valence-electron chi connectivity index (χ4n) is 10.3. The molecule has 0 saturated carbocycles. The zero-order valence-corrected chi connectivity index (χ0v) is 45.6. The zero-order chi connectivity index (χ0) is 53.4. The Hall–Kier alpha value is -2.17. The van der Waals surface area contributed by atoms with Crippen molar-refractivity contribution in [2.75, 3.05) is 26.2 Å². The van der Waals surface area contributed by atoms with Gasteiger partial charge in [0, 0.05) is 146 Å². The summed E-state index contributed by atoms with van der Waals surface area (Å²) >= 11 is 0. The molecule has 5 aliphatic rings. The number of Topliss-reactive ketones (excluding diaryl/α,β-unsaturated/α-hetero) is 5. The molecule has 0 aromatic rings. The standard InChI is InChI=1S/5C9H17NO2.C4H13N3/c5*1-8(2)5-7(11)6-9(3,4)10(8)12;5-1-3-7-4-2-6/h5*12H,5-6H2,1-4H3;7H,1-6H2. The van der Waals surface area contributed by atoms with Crippen LogP contribution in [0.2, 0.25) is 0 Å². The first-order valence-electron chi connectivity index (χ1n) is 23.9. The molecule has 0 spiro atoms. The number of piperidine rings is 5. The Bertz CT molecular complexity index is 1300. The quantitative estimate of drug-likeness (QED) is 0.140. The molecule has 10 N–H and O–H groups in total. The molecule has 18 heteroatoms. The van der Waals surface area contributed by atoms with Crippen LogP contribution in [-0.2, 0) is 24.0 Å². The van der Waals surface area contributed by atoms with Crippen molar-refractivity contribution in [3.05, 3.63) is 0 Å². The fraction of sp³-hybridized carbons (Fsp3) is 0.898. The van der Waals surface area contributed by atoms with E-state index in [1.165, 1.54) is 25.3 Å². The van der Waals surface area contributed by atoms with E-state index in [0.29, 0.717) is 77.3 Å². The first-order chi connectivity index (χ1) is 29.7. The van der Waals surface area contributed by atoms with Gasteiger partial charge in [-0.3, -0.25) is 24.0 Å². The average Bonchev–Trinajstić information content (AvgIpc) is 3.09. The van der Waals surface area contributed by atoms with Crippen LogP contribution < -0.4 is 16.8 Å². The van der Waals surface area contributed by atoms with E-state index >= 15 is 0 Å². The summed E-state index contributed by atoms with van der Waals surface area (Å²) in [4.78, 5) is 56.5. The molecule has 0 aliphatic carbocycles. The molecule has 67 heavy (non-hydrogen) atoms. The van der Waals surface area contributed by atoms with E-state index in [1.807, 2.05) is 138 Å². The van der Waals surface area contributed by atoms with Crippen LogP contribution in [0.25, 0.3) is 0 Å². The van der Waals surface area contributed by atoms with Gasteiger partial charge in [-0.05, 0) is 138 Å². The van der Waals surface area contributed by atoms with Crippen molar-refractivity contribution in [3.8, 4) is 0 Å². The molecule has 0 amide bonds. The van der Waals surface area contributed by atoms with Crippen LogP contribution in [0.3, 0.4) is 0 Å². The van der Waals surface area contributed by atoms with Gasteiger partial charge in [-0.15, -0.1) is 0 Å². The van der Waals surface area contributed by atoms with E-state index in [2.05, 4.69) is 5.32 Å². The average molecular weight is 959 g/mol. The molecular weight excluding hydrogens is 861 g/mol. The maximum absolute atomic E-state index is 11.3. The third kappa shape index (κ3) is 19.5. The van der Waals surface area contributed by atoms with E-state index in [0.717, 1.165) is 13.1 Å². The summed E-state index contributed by atoms with van der Waals surface area (Å²) in [6.45, 7) is 40.7. The highest BCUT2D eigenvalue weighted by Crippen LogP contribution is 2.38. The summed E-state index contributed by atoms with van der Waals surface area (Å²) < 4.78 is 0. The topological polar surface area (TPSA) is 267 Å². The summed E-state index contributed by atoms with van der Waals surface area (Å²) in [5.41, 5.74) is 6.15. The number of hydrogen-bond acceptors (Lipinski definition) is 18. The van der Waals surface area contributed by atoms with Crippen molar-refractivity contribution in [2.45, 2.75) is 258 Å². The van der Waals surface area contributed by atoms with Crippen LogP contribution in [0, 0.1) is 0 Å². The summed E-state index contributed by atoms with van der Waals surface area (Å²) in [5, 5.41) is 58.4. The fourth-order valence-corrected chi connectivity index (χ4v) is 10.3. The molecule has 5 fully saturated rings. The van der Waals surface area contributed by atoms with Crippen LogP contribution >= 0.6 is 0 Å². The molecule has 0 bridgehead atoms. The number of nitrogens with one attached hydrogen (secondary N) is 1. The van der Waals surface area contributed by atoms with Crippen LogP contribution in [-0.4, -0.2) is 162 Å². The van der Waals surface area contributed by atoms with Crippen molar-refractivity contribution in [1.29, 1.82) is 0 Å². The van der Waals surface area contributed by atoms with Gasteiger partial charge in [0.05, 0.1) is 0 Å². The predicted octanol–water partition coefficient (Wildman–Crippen LogP) is 6.48. The summed E-state index contributed by atoms with van der Waals surface area (Å²) in [7, 11) is 0. The Balaban J connectivity index is 0.000000786. The van der Waals surface area contributed by atoms with Gasteiger partial charge in [-0.25, -0.2) is 0 Å². The molecule has 0 atom stereocenters. The molecule has 394 valence electrons. The largest absolute Gasteiger partial charge is 0.329 e. The minimum absolute atomic E-state index is 0.232. The second-order valence-corrected chi connectivity index (χ2v) is 25.5. The second kappa shape index (κ2) is 23.8. The van der Waals surface area contributed by atoms with Crippen molar-refractivity contribution in [1.82, 2.24) is 30.6 Å². The van der Waals surface area contributed by atoms with E-state index in [-0.39, 0.29) is 28.9 Å². The van der Waals surface area contributed by atoms with Crippen LogP contribution in [0.4, 0.5) is 0 Å². The van der Waals surface area contributed by atoms with E-state index in [9.17, 15) is 50.0 Å². The Labute approximate surface area is 404 Å². The first kappa shape index (κ1) is 64.8. The number of carbonyl (C=O) groups excluding carboxylic acids is 5. The van der Waals surface area contributed by atoms with E-state index < -0.39 is 55.4 Å². The van der Waals surface area contributed by atoms with Gasteiger partial charge >= 0.3 is 0 Å². The smallest absolute Gasteiger partial charge is 0.136 e. The van der Waals surface area contributed by atoms with Crippen molar-refractivity contribution >= 4 is 28.9 Å². The number of hydroxylamine groups is 10.